The molecule has 0 bridgehead atoms. The minimum Gasteiger partial charge on any atom is -0.457 e. The van der Waals surface area contributed by atoms with Crippen LogP contribution in [0.2, 0.25) is 6.32 Å². The number of rotatable bonds is 5. The Morgan fingerprint density at radius 2 is 1.65 bits per heavy atom. The van der Waals surface area contributed by atoms with Gasteiger partial charge in [-0.15, -0.1) is 0 Å². The van der Waals surface area contributed by atoms with Crippen LogP contribution < -0.4 is 0 Å². The van der Waals surface area contributed by atoms with Gasteiger partial charge in [0.15, 0.2) is 0 Å². The third-order valence-corrected chi connectivity index (χ3v) is 4.01. The second-order valence-electron chi connectivity index (χ2n) is 8.10. The number of hydrogen-bond donors (Lipinski definition) is 0. The van der Waals surface area contributed by atoms with Gasteiger partial charge in [-0.05, 0) is 54.4 Å². The molecule has 1 heterocycles. The quantitative estimate of drug-likeness (QED) is 0.330. The molecule has 0 saturated carbocycles. The van der Waals surface area contributed by atoms with Crippen LogP contribution in [-0.4, -0.2) is 29.9 Å². The molecule has 0 amide bonds. The van der Waals surface area contributed by atoms with Crippen LogP contribution in [0.5, 0.6) is 0 Å². The van der Waals surface area contributed by atoms with Gasteiger partial charge in [-0.3, -0.25) is 0 Å². The second-order valence-corrected chi connectivity index (χ2v) is 8.10. The van der Waals surface area contributed by atoms with Gasteiger partial charge < -0.3 is 14.0 Å². The number of carbonyl (C=O) groups excluding carboxylic acids is 1. The standard InChI is InChI=1S/C18H31BO4/c1-14(11-12-15(20)21-16(2,3)4)10-9-13-19-22-17(5,6)18(7,8)23-19/h9-12,14H,13H2,1-8H3/b10-9-,12-11-. The zero-order valence-electron chi connectivity index (χ0n) is 15.8. The predicted molar refractivity (Wildman–Crippen MR) is 94.2 cm³/mol. The molecule has 0 aromatic heterocycles. The SMILES string of the molecule is CC(/C=C\CB1OC(C)(C)C(C)(C)O1)/C=C\C(=O)OC(C)(C)C. The van der Waals surface area contributed by atoms with E-state index in [1.54, 1.807) is 0 Å². The van der Waals surface area contributed by atoms with E-state index in [0.717, 1.165) is 0 Å². The summed E-state index contributed by atoms with van der Waals surface area (Å²) in [6.45, 7) is 15.8. The van der Waals surface area contributed by atoms with Crippen LogP contribution in [0.15, 0.2) is 24.3 Å². The highest BCUT2D eigenvalue weighted by molar-refractivity contribution is 6.46. The first-order valence-corrected chi connectivity index (χ1v) is 8.26. The molecular weight excluding hydrogens is 291 g/mol. The molecule has 0 radical (unpaired) electrons. The summed E-state index contributed by atoms with van der Waals surface area (Å²) in [4.78, 5) is 11.6. The average molecular weight is 322 g/mol. The first kappa shape index (κ1) is 20.0. The molecule has 1 rings (SSSR count). The van der Waals surface area contributed by atoms with Crippen molar-refractivity contribution in [2.45, 2.75) is 78.5 Å². The van der Waals surface area contributed by atoms with Crippen LogP contribution in [0.3, 0.4) is 0 Å². The molecule has 4 nitrogen and oxygen atoms in total. The van der Waals surface area contributed by atoms with Crippen LogP contribution >= 0.6 is 0 Å². The maximum absolute atomic E-state index is 11.6. The Morgan fingerprint density at radius 3 is 2.13 bits per heavy atom. The van der Waals surface area contributed by atoms with Crippen molar-refractivity contribution in [1.29, 1.82) is 0 Å². The van der Waals surface area contributed by atoms with E-state index in [9.17, 15) is 4.79 Å². The van der Waals surface area contributed by atoms with Crippen molar-refractivity contribution < 1.29 is 18.8 Å². The van der Waals surface area contributed by atoms with Crippen molar-refractivity contribution in [3.05, 3.63) is 24.3 Å². The second kappa shape index (κ2) is 7.22. The summed E-state index contributed by atoms with van der Waals surface area (Å²) in [6, 6.07) is 0. The molecule has 1 fully saturated rings. The largest absolute Gasteiger partial charge is 0.461 e. The minimum atomic E-state index is -0.461. The lowest BCUT2D eigenvalue weighted by Crippen LogP contribution is -2.41. The monoisotopic (exact) mass is 322 g/mol. The van der Waals surface area contributed by atoms with Gasteiger partial charge in [0, 0.05) is 12.4 Å². The molecule has 5 heteroatoms. The van der Waals surface area contributed by atoms with Crippen LogP contribution in [-0.2, 0) is 18.8 Å². The van der Waals surface area contributed by atoms with Gasteiger partial charge in [0.05, 0.1) is 11.2 Å². The summed E-state index contributed by atoms with van der Waals surface area (Å²) < 4.78 is 17.1. The number of hydrogen-bond acceptors (Lipinski definition) is 4. The summed E-state index contributed by atoms with van der Waals surface area (Å²) in [6.07, 6.45) is 8.07. The van der Waals surface area contributed by atoms with Crippen molar-refractivity contribution in [2.75, 3.05) is 0 Å². The zero-order valence-corrected chi connectivity index (χ0v) is 15.8. The third kappa shape index (κ3) is 6.52. The molecule has 1 aliphatic heterocycles. The molecule has 1 atom stereocenters. The molecule has 0 aromatic rings. The fourth-order valence-electron chi connectivity index (χ4n) is 2.10. The summed E-state index contributed by atoms with van der Waals surface area (Å²) >= 11 is 0. The third-order valence-electron chi connectivity index (χ3n) is 4.01. The molecule has 1 aliphatic rings. The Bertz CT molecular complexity index is 456. The molecule has 1 unspecified atom stereocenters. The van der Waals surface area contributed by atoms with E-state index in [-0.39, 0.29) is 30.2 Å². The van der Waals surface area contributed by atoms with Crippen molar-refractivity contribution in [3.63, 3.8) is 0 Å². The van der Waals surface area contributed by atoms with Crippen molar-refractivity contribution in [2.24, 2.45) is 5.92 Å². The molecule has 23 heavy (non-hydrogen) atoms. The molecule has 1 saturated heterocycles. The zero-order chi connectivity index (χ0) is 17.9. The Morgan fingerprint density at radius 1 is 1.13 bits per heavy atom. The van der Waals surface area contributed by atoms with Crippen molar-refractivity contribution >= 4 is 13.1 Å². The minimum absolute atomic E-state index is 0.143. The average Bonchev–Trinajstić information content (AvgIpc) is 2.53. The van der Waals surface area contributed by atoms with Gasteiger partial charge in [-0.1, -0.05) is 25.2 Å². The Balaban J connectivity index is 2.42. The highest BCUT2D eigenvalue weighted by Gasteiger charge is 2.50. The number of carbonyl (C=O) groups is 1. The lowest BCUT2D eigenvalue weighted by Gasteiger charge is -2.32. The molecule has 0 spiro atoms. The summed E-state index contributed by atoms with van der Waals surface area (Å²) in [5.41, 5.74) is -1.06. The first-order valence-electron chi connectivity index (χ1n) is 8.26. The first-order chi connectivity index (χ1) is 10.3. The van der Waals surface area contributed by atoms with E-state index in [4.69, 9.17) is 14.0 Å². The van der Waals surface area contributed by atoms with E-state index in [2.05, 4.69) is 0 Å². The molecule has 0 aromatic carbocycles. The van der Waals surface area contributed by atoms with Crippen LogP contribution in [0, 0.1) is 5.92 Å². The van der Waals surface area contributed by atoms with Gasteiger partial charge in [-0.2, -0.15) is 0 Å². The van der Waals surface area contributed by atoms with Gasteiger partial charge in [-0.25, -0.2) is 4.79 Å². The predicted octanol–water partition coefficient (Wildman–Crippen LogP) is 4.17. The summed E-state index contributed by atoms with van der Waals surface area (Å²) in [5, 5.41) is 0. The topological polar surface area (TPSA) is 44.8 Å². The van der Waals surface area contributed by atoms with E-state index in [1.165, 1.54) is 6.08 Å². The van der Waals surface area contributed by atoms with E-state index < -0.39 is 5.60 Å². The smallest absolute Gasteiger partial charge is 0.457 e. The van der Waals surface area contributed by atoms with Crippen molar-refractivity contribution in [1.82, 2.24) is 0 Å². The van der Waals surface area contributed by atoms with Crippen LogP contribution in [0.4, 0.5) is 0 Å². The van der Waals surface area contributed by atoms with E-state index in [1.807, 2.05) is 73.6 Å². The van der Waals surface area contributed by atoms with E-state index in [0.29, 0.717) is 6.32 Å². The normalized spacial score (nSPS) is 22.0. The van der Waals surface area contributed by atoms with Gasteiger partial charge in [0.25, 0.3) is 0 Å². The number of allylic oxidation sites excluding steroid dienone is 3. The number of ether oxygens (including phenoxy) is 1. The fourth-order valence-corrected chi connectivity index (χ4v) is 2.10. The Hall–Kier alpha value is -1.07. The Kier molecular flexibility index (Phi) is 6.28. The molecule has 0 N–H and O–H groups in total. The lowest BCUT2D eigenvalue weighted by atomic mass is 9.84. The number of esters is 1. The van der Waals surface area contributed by atoms with Crippen molar-refractivity contribution in [3.8, 4) is 0 Å². The maximum Gasteiger partial charge on any atom is 0.461 e. The van der Waals surface area contributed by atoms with E-state index >= 15 is 0 Å². The summed E-state index contributed by atoms with van der Waals surface area (Å²) in [7, 11) is -0.224. The Labute approximate surface area is 141 Å². The van der Waals surface area contributed by atoms with Crippen LogP contribution in [0.25, 0.3) is 0 Å². The molecule has 130 valence electrons. The fraction of sp³-hybridized carbons (Fsp3) is 0.722. The highest BCUT2D eigenvalue weighted by Crippen LogP contribution is 2.37. The highest BCUT2D eigenvalue weighted by atomic mass is 16.7. The summed E-state index contributed by atoms with van der Waals surface area (Å²) in [5.74, 6) is -0.173. The lowest BCUT2D eigenvalue weighted by molar-refractivity contribution is -0.148. The molecular formula is C18H31BO4. The van der Waals surface area contributed by atoms with Crippen LogP contribution in [0.1, 0.15) is 55.4 Å². The maximum atomic E-state index is 11.6. The van der Waals surface area contributed by atoms with Gasteiger partial charge >= 0.3 is 13.1 Å². The van der Waals surface area contributed by atoms with Gasteiger partial charge in [0.1, 0.15) is 5.60 Å². The van der Waals surface area contributed by atoms with Gasteiger partial charge in [0.2, 0.25) is 0 Å². The molecule has 0 aliphatic carbocycles.